The highest BCUT2D eigenvalue weighted by Gasteiger charge is 2.44. The first-order valence-corrected chi connectivity index (χ1v) is 18.4. The predicted octanol–water partition coefficient (Wildman–Crippen LogP) is 9.64. The Kier molecular flexibility index (Phi) is 4.44. The minimum atomic E-state index is -0.0941. The number of rotatable bonds is 0. The molecule has 2 aliphatic carbocycles. The van der Waals surface area contributed by atoms with E-state index in [0.717, 1.165) is 0 Å². The average molecular weight is 649 g/mol. The first-order chi connectivity index (χ1) is 24.9. The normalized spacial score (nSPS) is 16.1. The van der Waals surface area contributed by atoms with Crippen molar-refractivity contribution >= 4 is 66.7 Å². The van der Waals surface area contributed by atoms with E-state index < -0.39 is 0 Å². The Morgan fingerprint density at radius 3 is 1.80 bits per heavy atom. The van der Waals surface area contributed by atoms with Crippen LogP contribution in [0.1, 0.15) is 49.9 Å². The van der Waals surface area contributed by atoms with Gasteiger partial charge in [0.2, 0.25) is 0 Å². The van der Waals surface area contributed by atoms with Gasteiger partial charge in [-0.25, -0.2) is 0 Å². The van der Waals surface area contributed by atoms with Gasteiger partial charge in [0.15, 0.2) is 0 Å². The summed E-state index contributed by atoms with van der Waals surface area (Å²) in [6.45, 7) is 9.78. The van der Waals surface area contributed by atoms with E-state index in [1.54, 1.807) is 0 Å². The van der Waals surface area contributed by atoms with E-state index in [0.29, 0.717) is 0 Å². The molecule has 4 heterocycles. The maximum atomic E-state index is 2.61. The highest BCUT2D eigenvalue weighted by molar-refractivity contribution is 7.00. The second kappa shape index (κ2) is 8.38. The Labute approximate surface area is 296 Å². The minimum Gasteiger partial charge on any atom is -0.310 e. The molecule has 3 heteroatoms. The largest absolute Gasteiger partial charge is 0.310 e. The SMILES string of the molecule is CC1(C)c2ccccc2-c2cc3c4cccc5c4n(c3cc21)-c1cccc2c1B5c1cccc3c4c5c(ccc4n-2c13)-c1ccccc1C5(C)C. The Balaban J connectivity index is 1.17. The van der Waals surface area contributed by atoms with Crippen LogP contribution in [-0.4, -0.2) is 15.8 Å². The monoisotopic (exact) mass is 648 g/mol. The van der Waals surface area contributed by atoms with E-state index in [1.165, 1.54) is 116 Å². The van der Waals surface area contributed by atoms with Gasteiger partial charge in [-0.05, 0) is 91.2 Å². The summed E-state index contributed by atoms with van der Waals surface area (Å²) in [5, 5.41) is 5.46. The Hall–Kier alpha value is -5.80. The Morgan fingerprint density at radius 1 is 0.451 bits per heavy atom. The molecule has 7 aromatic carbocycles. The molecule has 0 fully saturated rings. The van der Waals surface area contributed by atoms with E-state index in [9.17, 15) is 0 Å². The van der Waals surface area contributed by atoms with Gasteiger partial charge in [0.05, 0.1) is 11.0 Å². The number of hydrogen-bond acceptors (Lipinski definition) is 0. The fraction of sp³-hybridized carbons (Fsp3) is 0.125. The summed E-state index contributed by atoms with van der Waals surface area (Å²) < 4.78 is 5.23. The van der Waals surface area contributed by atoms with Crippen molar-refractivity contribution in [2.75, 3.05) is 0 Å². The van der Waals surface area contributed by atoms with E-state index in [-0.39, 0.29) is 17.5 Å². The number of para-hydroxylation sites is 2. The summed E-state index contributed by atoms with van der Waals surface area (Å²) in [5.74, 6) is 0. The molecule has 2 aromatic heterocycles. The van der Waals surface area contributed by atoms with Crippen molar-refractivity contribution in [1.82, 2.24) is 9.13 Å². The number of nitrogens with zero attached hydrogens (tertiary/aromatic N) is 2. The third-order valence-electron chi connectivity index (χ3n) is 13.5. The van der Waals surface area contributed by atoms with Gasteiger partial charge in [0, 0.05) is 54.8 Å². The van der Waals surface area contributed by atoms with Crippen LogP contribution in [0.3, 0.4) is 0 Å². The summed E-state index contributed by atoms with van der Waals surface area (Å²) >= 11 is 0. The molecule has 0 radical (unpaired) electrons. The van der Waals surface area contributed by atoms with Crippen LogP contribution >= 0.6 is 0 Å². The molecular formula is C48H33BN2. The number of benzene rings is 7. The fourth-order valence-electron chi connectivity index (χ4n) is 11.4. The molecule has 0 N–H and O–H groups in total. The molecule has 2 aliphatic heterocycles. The molecule has 0 amide bonds. The molecule has 0 saturated carbocycles. The smallest absolute Gasteiger partial charge is 0.252 e. The topological polar surface area (TPSA) is 9.86 Å². The zero-order valence-corrected chi connectivity index (χ0v) is 29.1. The van der Waals surface area contributed by atoms with Gasteiger partial charge in [0.1, 0.15) is 0 Å². The third-order valence-corrected chi connectivity index (χ3v) is 13.5. The zero-order chi connectivity index (χ0) is 33.7. The number of hydrogen-bond donors (Lipinski definition) is 0. The van der Waals surface area contributed by atoms with Crippen LogP contribution in [0.5, 0.6) is 0 Å². The second-order valence-electron chi connectivity index (χ2n) is 16.4. The fourth-order valence-corrected chi connectivity index (χ4v) is 11.4. The first kappa shape index (κ1) is 27.0. The van der Waals surface area contributed by atoms with E-state index in [2.05, 4.69) is 164 Å². The van der Waals surface area contributed by atoms with Crippen molar-refractivity contribution in [2.24, 2.45) is 0 Å². The summed E-state index contributed by atoms with van der Waals surface area (Å²) in [6.07, 6.45) is 0. The molecule has 238 valence electrons. The highest BCUT2D eigenvalue weighted by atomic mass is 15.0. The van der Waals surface area contributed by atoms with E-state index in [4.69, 9.17) is 0 Å². The van der Waals surface area contributed by atoms with Gasteiger partial charge in [0.25, 0.3) is 6.71 Å². The summed E-state index contributed by atoms with van der Waals surface area (Å²) in [7, 11) is 0. The maximum Gasteiger partial charge on any atom is 0.252 e. The van der Waals surface area contributed by atoms with Crippen molar-refractivity contribution in [3.8, 4) is 33.6 Å². The van der Waals surface area contributed by atoms with Gasteiger partial charge in [-0.3, -0.25) is 0 Å². The molecule has 0 saturated heterocycles. The van der Waals surface area contributed by atoms with Gasteiger partial charge >= 0.3 is 0 Å². The molecular weight excluding hydrogens is 615 g/mol. The van der Waals surface area contributed by atoms with Crippen LogP contribution in [-0.2, 0) is 10.8 Å². The van der Waals surface area contributed by atoms with Crippen LogP contribution < -0.4 is 16.4 Å². The molecule has 0 unspecified atom stereocenters. The standard InChI is InChI=1S/C48H33BN2/c1-47(2)33-16-7-6-13-27(33)31-24-32-29-14-9-18-36-45(29)51(41(32)25-35(31)47)40-21-11-20-39-44(40)49(36)37-19-10-15-30-42-38(50(39)46(30)37)23-22-28-26-12-5-8-17-34(26)48(3,4)43(28)42/h5-25H,1-4H3. The van der Waals surface area contributed by atoms with Gasteiger partial charge in [-0.15, -0.1) is 0 Å². The number of aromatic nitrogens is 2. The molecule has 0 bridgehead atoms. The van der Waals surface area contributed by atoms with Gasteiger partial charge < -0.3 is 9.13 Å². The quantitative estimate of drug-likeness (QED) is 0.145. The van der Waals surface area contributed by atoms with Crippen LogP contribution in [0.15, 0.2) is 127 Å². The van der Waals surface area contributed by atoms with Crippen LogP contribution in [0.2, 0.25) is 0 Å². The summed E-state index contributed by atoms with van der Waals surface area (Å²) in [4.78, 5) is 0. The van der Waals surface area contributed by atoms with E-state index in [1.807, 2.05) is 0 Å². The Morgan fingerprint density at radius 2 is 1.06 bits per heavy atom. The van der Waals surface area contributed by atoms with Crippen molar-refractivity contribution < 1.29 is 0 Å². The van der Waals surface area contributed by atoms with Gasteiger partial charge in [-0.1, -0.05) is 125 Å². The summed E-state index contributed by atoms with van der Waals surface area (Å²) in [5.41, 5.74) is 23.3. The molecule has 13 rings (SSSR count). The zero-order valence-electron chi connectivity index (χ0n) is 29.1. The Bertz CT molecular complexity index is 3110. The minimum absolute atomic E-state index is 0.0602. The molecule has 0 atom stereocenters. The molecule has 2 nitrogen and oxygen atoms in total. The van der Waals surface area contributed by atoms with Crippen molar-refractivity contribution in [3.05, 3.63) is 150 Å². The lowest BCUT2D eigenvalue weighted by Crippen LogP contribution is -2.59. The van der Waals surface area contributed by atoms with Crippen molar-refractivity contribution in [2.45, 2.75) is 38.5 Å². The molecule has 4 aliphatic rings. The van der Waals surface area contributed by atoms with E-state index >= 15 is 0 Å². The van der Waals surface area contributed by atoms with Crippen LogP contribution in [0.4, 0.5) is 0 Å². The molecule has 0 spiro atoms. The lowest BCUT2D eigenvalue weighted by Gasteiger charge is -2.33. The molecule has 9 aromatic rings. The van der Waals surface area contributed by atoms with Crippen LogP contribution in [0, 0.1) is 0 Å². The van der Waals surface area contributed by atoms with Gasteiger partial charge in [-0.2, -0.15) is 0 Å². The lowest BCUT2D eigenvalue weighted by atomic mass is 9.34. The van der Waals surface area contributed by atoms with Crippen molar-refractivity contribution in [3.63, 3.8) is 0 Å². The lowest BCUT2D eigenvalue weighted by molar-refractivity contribution is 0.661. The van der Waals surface area contributed by atoms with Crippen molar-refractivity contribution in [1.29, 1.82) is 0 Å². The maximum absolute atomic E-state index is 2.61. The third kappa shape index (κ3) is 2.82. The number of fused-ring (bicyclic) bond motifs is 17. The first-order valence-electron chi connectivity index (χ1n) is 18.4. The second-order valence-corrected chi connectivity index (χ2v) is 16.4. The van der Waals surface area contributed by atoms with Crippen LogP contribution in [0.25, 0.3) is 77.2 Å². The predicted molar refractivity (Wildman–Crippen MR) is 215 cm³/mol. The molecule has 51 heavy (non-hydrogen) atoms. The highest BCUT2D eigenvalue weighted by Crippen LogP contribution is 2.54. The summed E-state index contributed by atoms with van der Waals surface area (Å²) in [6, 6.07) is 49.1. The average Bonchev–Trinajstić information content (AvgIpc) is 3.81.